The third-order valence-corrected chi connectivity index (χ3v) is 4.07. The van der Waals surface area contributed by atoms with Gasteiger partial charge in [0, 0.05) is 18.3 Å². The maximum absolute atomic E-state index is 5.77. The van der Waals surface area contributed by atoms with Crippen LogP contribution in [0.2, 0.25) is 5.28 Å². The van der Waals surface area contributed by atoms with Crippen molar-refractivity contribution in [2.75, 3.05) is 23.4 Å². The van der Waals surface area contributed by atoms with Crippen molar-refractivity contribution in [3.63, 3.8) is 0 Å². The van der Waals surface area contributed by atoms with Crippen LogP contribution in [0.3, 0.4) is 0 Å². The Balaban J connectivity index is 1.90. The van der Waals surface area contributed by atoms with E-state index in [1.807, 2.05) is 6.92 Å². The Morgan fingerprint density at radius 2 is 2.25 bits per heavy atom. The number of nitrogens with one attached hydrogen (secondary N) is 1. The molecular weight excluding hydrogens is 242 g/mol. The maximum atomic E-state index is 5.77. The zero-order valence-electron chi connectivity index (χ0n) is 9.37. The molecule has 0 atom stereocenters. The molecule has 0 radical (unpaired) electrons. The molecule has 0 amide bonds. The molecule has 0 spiro atoms. The molecule has 1 N–H and O–H groups in total. The van der Waals surface area contributed by atoms with Gasteiger partial charge in [-0.2, -0.15) is 11.8 Å². The molecule has 16 heavy (non-hydrogen) atoms. The van der Waals surface area contributed by atoms with Crippen molar-refractivity contribution >= 4 is 29.2 Å². The van der Waals surface area contributed by atoms with Gasteiger partial charge in [0.25, 0.3) is 0 Å². The number of rotatable bonds is 3. The summed E-state index contributed by atoms with van der Waals surface area (Å²) < 4.78 is 0. The van der Waals surface area contributed by atoms with Gasteiger partial charge in [0.05, 0.1) is 0 Å². The van der Waals surface area contributed by atoms with Gasteiger partial charge in [0.2, 0.25) is 5.28 Å². The molecule has 1 saturated heterocycles. The van der Waals surface area contributed by atoms with Crippen molar-refractivity contribution in [3.8, 4) is 0 Å². The maximum Gasteiger partial charge on any atom is 0.224 e. The summed E-state index contributed by atoms with van der Waals surface area (Å²) in [5.41, 5.74) is 1.05. The van der Waals surface area contributed by atoms with E-state index < -0.39 is 0 Å². The summed E-state index contributed by atoms with van der Waals surface area (Å²) in [4.78, 5) is 8.14. The van der Waals surface area contributed by atoms with Gasteiger partial charge in [0.15, 0.2) is 0 Å². The summed E-state index contributed by atoms with van der Waals surface area (Å²) in [7, 11) is 0. The highest BCUT2D eigenvalue weighted by molar-refractivity contribution is 7.99. The van der Waals surface area contributed by atoms with Crippen molar-refractivity contribution < 1.29 is 0 Å². The Bertz CT molecular complexity index is 353. The van der Waals surface area contributed by atoms with Crippen LogP contribution in [-0.2, 0) is 0 Å². The molecule has 88 valence electrons. The minimum absolute atomic E-state index is 0.312. The predicted molar refractivity (Wildman–Crippen MR) is 70.3 cm³/mol. The van der Waals surface area contributed by atoms with Crippen LogP contribution >= 0.6 is 23.4 Å². The lowest BCUT2D eigenvalue weighted by atomic mass is 10.0. The number of aryl methyl sites for hydroxylation is 1. The van der Waals surface area contributed by atoms with Crippen molar-refractivity contribution in [2.45, 2.75) is 19.8 Å². The molecular formula is C11H16ClN3S. The molecule has 0 bridgehead atoms. The van der Waals surface area contributed by atoms with Crippen molar-refractivity contribution in [2.24, 2.45) is 5.92 Å². The Morgan fingerprint density at radius 3 is 3.00 bits per heavy atom. The lowest BCUT2D eigenvalue weighted by Gasteiger charge is -2.22. The molecule has 1 aromatic rings. The first kappa shape index (κ1) is 12.0. The third-order valence-electron chi connectivity index (χ3n) is 2.84. The Labute approximate surface area is 105 Å². The van der Waals surface area contributed by atoms with Crippen molar-refractivity contribution in [1.29, 1.82) is 0 Å². The van der Waals surface area contributed by atoms with E-state index in [1.165, 1.54) is 24.3 Å². The molecule has 0 aliphatic carbocycles. The Hall–Kier alpha value is -0.480. The summed E-state index contributed by atoms with van der Waals surface area (Å²) in [5, 5.41) is 3.69. The van der Waals surface area contributed by atoms with E-state index >= 15 is 0 Å². The van der Waals surface area contributed by atoms with Gasteiger partial charge in [-0.25, -0.2) is 9.97 Å². The zero-order chi connectivity index (χ0) is 11.4. The van der Waals surface area contributed by atoms with Crippen LogP contribution in [0, 0.1) is 12.8 Å². The first-order chi connectivity index (χ1) is 7.75. The second kappa shape index (κ2) is 5.73. The second-order valence-corrected chi connectivity index (χ2v) is 5.67. The molecule has 1 fully saturated rings. The summed E-state index contributed by atoms with van der Waals surface area (Å²) in [5.74, 6) is 4.22. The van der Waals surface area contributed by atoms with E-state index in [-0.39, 0.29) is 0 Å². The fourth-order valence-corrected chi connectivity index (χ4v) is 3.13. The number of hydrogen-bond acceptors (Lipinski definition) is 4. The van der Waals surface area contributed by atoms with E-state index in [0.717, 1.165) is 23.8 Å². The van der Waals surface area contributed by atoms with Crippen LogP contribution in [-0.4, -0.2) is 28.0 Å². The van der Waals surface area contributed by atoms with Crippen LogP contribution in [0.15, 0.2) is 6.20 Å². The van der Waals surface area contributed by atoms with E-state index in [1.54, 1.807) is 6.20 Å². The lowest BCUT2D eigenvalue weighted by Crippen LogP contribution is -2.20. The van der Waals surface area contributed by atoms with E-state index in [9.17, 15) is 0 Å². The fourth-order valence-electron chi connectivity index (χ4n) is 1.79. The smallest absolute Gasteiger partial charge is 0.224 e. The highest BCUT2D eigenvalue weighted by Crippen LogP contribution is 2.23. The molecule has 5 heteroatoms. The number of thioether (sulfide) groups is 1. The minimum Gasteiger partial charge on any atom is -0.369 e. The average molecular weight is 258 g/mol. The summed E-state index contributed by atoms with van der Waals surface area (Å²) in [6.07, 6.45) is 4.36. The van der Waals surface area contributed by atoms with Gasteiger partial charge in [0.1, 0.15) is 5.82 Å². The van der Waals surface area contributed by atoms with Gasteiger partial charge < -0.3 is 5.32 Å². The lowest BCUT2D eigenvalue weighted by molar-refractivity contribution is 0.515. The van der Waals surface area contributed by atoms with Crippen LogP contribution in [0.4, 0.5) is 5.82 Å². The Kier molecular flexibility index (Phi) is 4.29. The van der Waals surface area contributed by atoms with E-state index in [4.69, 9.17) is 11.6 Å². The van der Waals surface area contributed by atoms with E-state index in [0.29, 0.717) is 5.28 Å². The standard InChI is InChI=1S/C11H16ClN3S/c1-8-6-14-11(12)15-10(8)13-7-9-2-4-16-5-3-9/h6,9H,2-5,7H2,1H3,(H,13,14,15). The number of anilines is 1. The summed E-state index contributed by atoms with van der Waals surface area (Å²) >= 11 is 7.82. The topological polar surface area (TPSA) is 37.8 Å². The molecule has 1 aromatic heterocycles. The van der Waals surface area contributed by atoms with Gasteiger partial charge in [-0.3, -0.25) is 0 Å². The van der Waals surface area contributed by atoms with Crippen molar-refractivity contribution in [3.05, 3.63) is 17.0 Å². The van der Waals surface area contributed by atoms with Gasteiger partial charge in [-0.15, -0.1) is 0 Å². The molecule has 0 saturated carbocycles. The highest BCUT2D eigenvalue weighted by atomic mass is 35.5. The monoisotopic (exact) mass is 257 g/mol. The van der Waals surface area contributed by atoms with Crippen LogP contribution in [0.1, 0.15) is 18.4 Å². The number of nitrogens with zero attached hydrogens (tertiary/aromatic N) is 2. The van der Waals surface area contributed by atoms with Gasteiger partial charge in [-0.05, 0) is 48.8 Å². The third kappa shape index (κ3) is 3.25. The van der Waals surface area contributed by atoms with Crippen molar-refractivity contribution in [1.82, 2.24) is 9.97 Å². The second-order valence-electron chi connectivity index (χ2n) is 4.11. The number of halogens is 1. The molecule has 0 unspecified atom stereocenters. The molecule has 3 nitrogen and oxygen atoms in total. The normalized spacial score (nSPS) is 17.4. The molecule has 1 aliphatic rings. The molecule has 1 aliphatic heterocycles. The van der Waals surface area contributed by atoms with Gasteiger partial charge in [-0.1, -0.05) is 0 Å². The molecule has 0 aromatic carbocycles. The first-order valence-electron chi connectivity index (χ1n) is 5.56. The summed E-state index contributed by atoms with van der Waals surface area (Å²) in [6.45, 7) is 2.99. The minimum atomic E-state index is 0.312. The Morgan fingerprint density at radius 1 is 1.50 bits per heavy atom. The molecule has 2 heterocycles. The van der Waals surface area contributed by atoms with Gasteiger partial charge >= 0.3 is 0 Å². The van der Waals surface area contributed by atoms with Crippen LogP contribution in [0.5, 0.6) is 0 Å². The summed E-state index contributed by atoms with van der Waals surface area (Å²) in [6, 6.07) is 0. The quantitative estimate of drug-likeness (QED) is 0.845. The average Bonchev–Trinajstić information content (AvgIpc) is 2.32. The molecule has 2 rings (SSSR count). The number of hydrogen-bond donors (Lipinski definition) is 1. The van der Waals surface area contributed by atoms with Crippen LogP contribution in [0.25, 0.3) is 0 Å². The zero-order valence-corrected chi connectivity index (χ0v) is 10.9. The fraction of sp³-hybridized carbons (Fsp3) is 0.636. The SMILES string of the molecule is Cc1cnc(Cl)nc1NCC1CCSCC1. The number of aromatic nitrogens is 2. The van der Waals surface area contributed by atoms with Crippen LogP contribution < -0.4 is 5.32 Å². The largest absolute Gasteiger partial charge is 0.369 e. The highest BCUT2D eigenvalue weighted by Gasteiger charge is 2.14. The first-order valence-corrected chi connectivity index (χ1v) is 7.09. The predicted octanol–water partition coefficient (Wildman–Crippen LogP) is 2.99. The van der Waals surface area contributed by atoms with E-state index in [2.05, 4.69) is 27.0 Å².